The van der Waals surface area contributed by atoms with Crippen LogP contribution < -0.4 is 0 Å². The third kappa shape index (κ3) is 1.99. The highest BCUT2D eigenvalue weighted by Crippen LogP contribution is 2.38. The Labute approximate surface area is 126 Å². The molecular weight excluding hydrogens is 254 g/mol. The number of fused-ring (bicyclic) bond motifs is 3. The molecule has 1 nitrogen and oxygen atoms in total. The number of aromatic amines is 1. The lowest BCUT2D eigenvalue weighted by molar-refractivity contribution is 0.582. The van der Waals surface area contributed by atoms with E-state index in [9.17, 15) is 0 Å². The van der Waals surface area contributed by atoms with E-state index < -0.39 is 0 Å². The highest BCUT2D eigenvalue weighted by Gasteiger charge is 2.24. The molecule has 1 aromatic heterocycles. The number of aromatic nitrogens is 1. The first-order chi connectivity index (χ1) is 10.2. The average Bonchev–Trinajstić information content (AvgIpc) is 2.92. The Morgan fingerprint density at radius 3 is 2.52 bits per heavy atom. The summed E-state index contributed by atoms with van der Waals surface area (Å²) in [6.07, 6.45) is 3.59. The lowest BCUT2D eigenvalue weighted by atomic mass is 9.81. The zero-order chi connectivity index (χ0) is 14.4. The van der Waals surface area contributed by atoms with E-state index in [4.69, 9.17) is 0 Å². The number of nitrogens with one attached hydrogen (secondary N) is 1. The molecule has 0 saturated carbocycles. The summed E-state index contributed by atoms with van der Waals surface area (Å²) >= 11 is 0. The molecule has 0 aliphatic heterocycles. The van der Waals surface area contributed by atoms with Gasteiger partial charge in [-0.2, -0.15) is 0 Å². The van der Waals surface area contributed by atoms with Gasteiger partial charge in [-0.3, -0.25) is 0 Å². The Hall–Kier alpha value is -2.02. The van der Waals surface area contributed by atoms with Crippen molar-refractivity contribution in [1.29, 1.82) is 0 Å². The van der Waals surface area contributed by atoms with Gasteiger partial charge in [0.15, 0.2) is 0 Å². The normalized spacial score (nSPS) is 17.9. The Bertz CT molecular complexity index is 796. The number of hydrogen-bond acceptors (Lipinski definition) is 0. The summed E-state index contributed by atoms with van der Waals surface area (Å²) in [5, 5.41) is 1.48. The summed E-state index contributed by atoms with van der Waals surface area (Å²) < 4.78 is 0. The van der Waals surface area contributed by atoms with Crippen molar-refractivity contribution in [3.8, 4) is 0 Å². The molecule has 1 heteroatoms. The molecule has 0 spiro atoms. The fourth-order valence-electron chi connectivity index (χ4n) is 3.85. The van der Waals surface area contributed by atoms with E-state index in [0.717, 1.165) is 0 Å². The van der Waals surface area contributed by atoms with Gasteiger partial charge in [0, 0.05) is 16.6 Å². The van der Waals surface area contributed by atoms with Gasteiger partial charge in [0.05, 0.1) is 0 Å². The average molecular weight is 275 g/mol. The molecule has 1 N–H and O–H groups in total. The smallest absolute Gasteiger partial charge is 0.0491 e. The minimum Gasteiger partial charge on any atom is -0.358 e. The summed E-state index contributed by atoms with van der Waals surface area (Å²) in [5.74, 6) is 0.664. The predicted octanol–water partition coefficient (Wildman–Crippen LogP) is 5.06. The molecule has 106 valence electrons. The van der Waals surface area contributed by atoms with Gasteiger partial charge in [-0.1, -0.05) is 42.5 Å². The number of hydrogen-bond donors (Lipinski definition) is 1. The van der Waals surface area contributed by atoms with Crippen LogP contribution in [0.25, 0.3) is 10.9 Å². The first kappa shape index (κ1) is 12.7. The molecule has 1 unspecified atom stereocenters. The third-order valence-electron chi connectivity index (χ3n) is 5.03. The van der Waals surface area contributed by atoms with Crippen LogP contribution in [-0.2, 0) is 12.8 Å². The van der Waals surface area contributed by atoms with E-state index in [1.807, 2.05) is 0 Å². The van der Waals surface area contributed by atoms with Crippen LogP contribution in [0.3, 0.4) is 0 Å². The lowest BCUT2D eigenvalue weighted by Gasteiger charge is -2.23. The van der Waals surface area contributed by atoms with Crippen molar-refractivity contribution in [3.05, 3.63) is 70.4 Å². The van der Waals surface area contributed by atoms with Crippen molar-refractivity contribution in [3.63, 3.8) is 0 Å². The zero-order valence-electron chi connectivity index (χ0n) is 12.7. The van der Waals surface area contributed by atoms with Crippen LogP contribution in [0.15, 0.2) is 42.5 Å². The fourth-order valence-corrected chi connectivity index (χ4v) is 3.85. The third-order valence-corrected chi connectivity index (χ3v) is 5.03. The van der Waals surface area contributed by atoms with Gasteiger partial charge in [-0.15, -0.1) is 0 Å². The van der Waals surface area contributed by atoms with Crippen molar-refractivity contribution >= 4 is 10.9 Å². The molecule has 3 aromatic rings. The molecule has 21 heavy (non-hydrogen) atoms. The topological polar surface area (TPSA) is 15.8 Å². The maximum atomic E-state index is 3.70. The largest absolute Gasteiger partial charge is 0.358 e. The molecule has 0 saturated heterocycles. The Kier molecular flexibility index (Phi) is 2.88. The molecule has 1 atom stereocenters. The van der Waals surface area contributed by atoms with Crippen LogP contribution in [-0.4, -0.2) is 4.98 Å². The van der Waals surface area contributed by atoms with Crippen LogP contribution in [0, 0.1) is 13.8 Å². The second-order valence-corrected chi connectivity index (χ2v) is 6.38. The van der Waals surface area contributed by atoms with E-state index in [-0.39, 0.29) is 0 Å². The molecular formula is C20H21N. The number of aryl methyl sites for hydroxylation is 3. The molecule has 1 aliphatic rings. The summed E-state index contributed by atoms with van der Waals surface area (Å²) in [7, 11) is 0. The molecule has 4 rings (SSSR count). The highest BCUT2D eigenvalue weighted by molar-refractivity contribution is 5.90. The summed E-state index contributed by atoms with van der Waals surface area (Å²) in [5.41, 5.74) is 8.64. The molecule has 0 amide bonds. The standard InChI is InChI=1S/C20H21N/c1-13-8-9-14(2)20-19(13)17-12-16(10-11-18(17)21-20)15-6-4-3-5-7-15/h3-9,16,21H,10-12H2,1-2H3. The van der Waals surface area contributed by atoms with Gasteiger partial charge < -0.3 is 4.98 Å². The first-order valence-corrected chi connectivity index (χ1v) is 7.88. The predicted molar refractivity (Wildman–Crippen MR) is 89.0 cm³/mol. The maximum Gasteiger partial charge on any atom is 0.0491 e. The lowest BCUT2D eigenvalue weighted by Crippen LogP contribution is -2.12. The maximum absolute atomic E-state index is 3.70. The van der Waals surface area contributed by atoms with E-state index in [0.29, 0.717) is 5.92 Å². The van der Waals surface area contributed by atoms with Crippen LogP contribution in [0.4, 0.5) is 0 Å². The minimum absolute atomic E-state index is 0.664. The minimum atomic E-state index is 0.664. The van der Waals surface area contributed by atoms with Gasteiger partial charge in [0.1, 0.15) is 0 Å². The molecule has 0 radical (unpaired) electrons. The van der Waals surface area contributed by atoms with Crippen LogP contribution in [0.5, 0.6) is 0 Å². The van der Waals surface area contributed by atoms with Crippen molar-refractivity contribution in [2.75, 3.05) is 0 Å². The van der Waals surface area contributed by atoms with E-state index >= 15 is 0 Å². The Balaban J connectivity index is 1.83. The summed E-state index contributed by atoms with van der Waals surface area (Å²) in [6.45, 7) is 4.44. The molecule has 0 bridgehead atoms. The van der Waals surface area contributed by atoms with E-state index in [2.05, 4.69) is 61.3 Å². The number of rotatable bonds is 1. The number of H-pyrrole nitrogens is 1. The second-order valence-electron chi connectivity index (χ2n) is 6.38. The van der Waals surface area contributed by atoms with Crippen molar-refractivity contribution < 1.29 is 0 Å². The highest BCUT2D eigenvalue weighted by atomic mass is 14.7. The van der Waals surface area contributed by atoms with Crippen LogP contribution in [0.1, 0.15) is 40.3 Å². The van der Waals surface area contributed by atoms with Crippen molar-refractivity contribution in [2.24, 2.45) is 0 Å². The van der Waals surface area contributed by atoms with Crippen LogP contribution >= 0.6 is 0 Å². The van der Waals surface area contributed by atoms with Gasteiger partial charge in [-0.05, 0) is 61.3 Å². The van der Waals surface area contributed by atoms with E-state index in [1.165, 1.54) is 52.5 Å². The first-order valence-electron chi connectivity index (χ1n) is 7.88. The molecule has 2 aromatic carbocycles. The van der Waals surface area contributed by atoms with Gasteiger partial charge >= 0.3 is 0 Å². The zero-order valence-corrected chi connectivity index (χ0v) is 12.7. The Morgan fingerprint density at radius 2 is 1.71 bits per heavy atom. The fraction of sp³-hybridized carbons (Fsp3) is 0.300. The summed E-state index contributed by atoms with van der Waals surface area (Å²) in [6, 6.07) is 15.5. The van der Waals surface area contributed by atoms with Gasteiger partial charge in [0.25, 0.3) is 0 Å². The van der Waals surface area contributed by atoms with Gasteiger partial charge in [-0.25, -0.2) is 0 Å². The summed E-state index contributed by atoms with van der Waals surface area (Å²) in [4.78, 5) is 3.70. The van der Waals surface area contributed by atoms with Crippen LogP contribution in [0.2, 0.25) is 0 Å². The molecule has 1 heterocycles. The Morgan fingerprint density at radius 1 is 0.952 bits per heavy atom. The second kappa shape index (κ2) is 4.77. The molecule has 0 fully saturated rings. The van der Waals surface area contributed by atoms with E-state index in [1.54, 1.807) is 5.56 Å². The quantitative estimate of drug-likeness (QED) is 0.639. The SMILES string of the molecule is Cc1ccc(C)c2c3c([nH]c12)CCC(c1ccccc1)C3. The number of benzene rings is 2. The van der Waals surface area contributed by atoms with Crippen molar-refractivity contribution in [2.45, 2.75) is 39.0 Å². The van der Waals surface area contributed by atoms with Crippen molar-refractivity contribution in [1.82, 2.24) is 4.98 Å². The van der Waals surface area contributed by atoms with Gasteiger partial charge in [0.2, 0.25) is 0 Å². The monoisotopic (exact) mass is 275 g/mol. The molecule has 1 aliphatic carbocycles.